The molecule has 0 saturated carbocycles. The van der Waals surface area contributed by atoms with E-state index in [2.05, 4.69) is 4.72 Å². The van der Waals surface area contributed by atoms with E-state index in [-0.39, 0.29) is 4.90 Å². The van der Waals surface area contributed by atoms with Crippen LogP contribution < -0.4 is 15.2 Å². The van der Waals surface area contributed by atoms with E-state index < -0.39 is 10.0 Å². The summed E-state index contributed by atoms with van der Waals surface area (Å²) in [6.07, 6.45) is 1.25. The number of sulfonamides is 1. The highest BCUT2D eigenvalue weighted by molar-refractivity contribution is 7.89. The molecular weight excluding hydrogens is 290 g/mol. The number of nitrogens with two attached hydrogens (primary N) is 1. The van der Waals surface area contributed by atoms with Crippen LogP contribution in [0.25, 0.3) is 0 Å². The molecule has 1 rings (SSSR count). The molecule has 0 aliphatic carbocycles. The van der Waals surface area contributed by atoms with Crippen molar-refractivity contribution in [3.63, 3.8) is 0 Å². The molecule has 0 aliphatic heterocycles. The van der Waals surface area contributed by atoms with Crippen LogP contribution in [0.4, 0.5) is 0 Å². The van der Waals surface area contributed by atoms with Gasteiger partial charge in [-0.2, -0.15) is 0 Å². The molecule has 1 aromatic carbocycles. The summed E-state index contributed by atoms with van der Waals surface area (Å²) in [4.78, 5) is 2.29. The SMILES string of the molecule is COc1ccc(S(=O)(=O)NCCCN(C)C)c(CCN)c1. The summed E-state index contributed by atoms with van der Waals surface area (Å²) in [6, 6.07) is 4.94. The lowest BCUT2D eigenvalue weighted by molar-refractivity contribution is 0.400. The highest BCUT2D eigenvalue weighted by atomic mass is 32.2. The van der Waals surface area contributed by atoms with E-state index in [1.54, 1.807) is 25.3 Å². The average Bonchev–Trinajstić information content (AvgIpc) is 2.43. The van der Waals surface area contributed by atoms with Crippen LogP contribution in [0.1, 0.15) is 12.0 Å². The second-order valence-electron chi connectivity index (χ2n) is 5.07. The van der Waals surface area contributed by atoms with Crippen molar-refractivity contribution in [2.24, 2.45) is 5.73 Å². The van der Waals surface area contributed by atoms with Gasteiger partial charge in [0.05, 0.1) is 12.0 Å². The molecule has 0 aromatic heterocycles. The fourth-order valence-electron chi connectivity index (χ4n) is 1.98. The van der Waals surface area contributed by atoms with E-state index in [1.807, 2.05) is 19.0 Å². The summed E-state index contributed by atoms with van der Waals surface area (Å²) < 4.78 is 32.5. The third kappa shape index (κ3) is 5.62. The smallest absolute Gasteiger partial charge is 0.240 e. The summed E-state index contributed by atoms with van der Waals surface area (Å²) >= 11 is 0. The molecule has 0 saturated heterocycles. The number of hydrogen-bond acceptors (Lipinski definition) is 5. The number of nitrogens with zero attached hydrogens (tertiary/aromatic N) is 1. The van der Waals surface area contributed by atoms with Gasteiger partial charge in [0, 0.05) is 6.54 Å². The predicted molar refractivity (Wildman–Crippen MR) is 84.1 cm³/mol. The molecule has 1 aromatic rings. The average molecular weight is 315 g/mol. The van der Waals surface area contributed by atoms with Gasteiger partial charge in [-0.15, -0.1) is 0 Å². The zero-order valence-corrected chi connectivity index (χ0v) is 13.7. The Balaban J connectivity index is 2.86. The van der Waals surface area contributed by atoms with Gasteiger partial charge in [-0.05, 0) is 63.8 Å². The number of ether oxygens (including phenoxy) is 1. The molecule has 0 bridgehead atoms. The van der Waals surface area contributed by atoms with Crippen LogP contribution in [0.3, 0.4) is 0 Å². The minimum absolute atomic E-state index is 0.276. The standard InChI is InChI=1S/C14H25N3O3S/c1-17(2)10-4-9-16-21(18,19)14-6-5-13(20-3)11-12(14)7-8-15/h5-6,11,16H,4,7-10,15H2,1-3H3. The third-order valence-electron chi connectivity index (χ3n) is 3.05. The van der Waals surface area contributed by atoms with Crippen LogP contribution in [-0.4, -0.2) is 54.2 Å². The Bertz CT molecular complexity index is 544. The molecule has 0 spiro atoms. The molecule has 0 heterocycles. The van der Waals surface area contributed by atoms with Crippen molar-refractivity contribution in [2.45, 2.75) is 17.7 Å². The Morgan fingerprint density at radius 3 is 2.62 bits per heavy atom. The lowest BCUT2D eigenvalue weighted by atomic mass is 10.1. The molecule has 0 fully saturated rings. The first kappa shape index (κ1) is 17.9. The van der Waals surface area contributed by atoms with E-state index >= 15 is 0 Å². The fourth-order valence-corrected chi connectivity index (χ4v) is 3.30. The molecule has 0 radical (unpaired) electrons. The second kappa shape index (κ2) is 8.33. The fraction of sp³-hybridized carbons (Fsp3) is 0.571. The van der Waals surface area contributed by atoms with Crippen molar-refractivity contribution in [2.75, 3.05) is 40.8 Å². The molecule has 7 heteroatoms. The molecule has 0 atom stereocenters. The van der Waals surface area contributed by atoms with Gasteiger partial charge in [-0.1, -0.05) is 0 Å². The van der Waals surface area contributed by atoms with Gasteiger partial charge in [0.25, 0.3) is 0 Å². The maximum atomic E-state index is 12.4. The number of nitrogens with one attached hydrogen (secondary N) is 1. The Morgan fingerprint density at radius 1 is 1.33 bits per heavy atom. The molecule has 21 heavy (non-hydrogen) atoms. The van der Waals surface area contributed by atoms with Gasteiger partial charge in [-0.3, -0.25) is 0 Å². The van der Waals surface area contributed by atoms with Crippen molar-refractivity contribution in [1.82, 2.24) is 9.62 Å². The minimum Gasteiger partial charge on any atom is -0.497 e. The van der Waals surface area contributed by atoms with Crippen LogP contribution in [0, 0.1) is 0 Å². The highest BCUT2D eigenvalue weighted by Gasteiger charge is 2.18. The lowest BCUT2D eigenvalue weighted by Crippen LogP contribution is -2.28. The van der Waals surface area contributed by atoms with Gasteiger partial charge < -0.3 is 15.4 Å². The first-order valence-corrected chi connectivity index (χ1v) is 8.40. The van der Waals surface area contributed by atoms with Gasteiger partial charge in [0.2, 0.25) is 10.0 Å². The van der Waals surface area contributed by atoms with Crippen LogP contribution >= 0.6 is 0 Å². The summed E-state index contributed by atoms with van der Waals surface area (Å²) in [7, 11) is 1.95. The van der Waals surface area contributed by atoms with Gasteiger partial charge >= 0.3 is 0 Å². The van der Waals surface area contributed by atoms with Crippen molar-refractivity contribution in [3.05, 3.63) is 23.8 Å². The van der Waals surface area contributed by atoms with E-state index in [0.29, 0.717) is 30.8 Å². The monoisotopic (exact) mass is 315 g/mol. The molecule has 120 valence electrons. The molecule has 6 nitrogen and oxygen atoms in total. The minimum atomic E-state index is -3.52. The van der Waals surface area contributed by atoms with Gasteiger partial charge in [0.1, 0.15) is 5.75 Å². The van der Waals surface area contributed by atoms with Gasteiger partial charge in [0.15, 0.2) is 0 Å². The Hall–Kier alpha value is -1.15. The summed E-state index contributed by atoms with van der Waals surface area (Å²) in [6.45, 7) is 1.63. The maximum absolute atomic E-state index is 12.4. The van der Waals surface area contributed by atoms with E-state index in [9.17, 15) is 8.42 Å². The first-order chi connectivity index (χ1) is 9.90. The van der Waals surface area contributed by atoms with E-state index in [1.165, 1.54) is 0 Å². The summed E-state index contributed by atoms with van der Waals surface area (Å²) in [5.41, 5.74) is 6.24. The predicted octanol–water partition coefficient (Wildman–Crippen LogP) is 0.426. The Kier molecular flexibility index (Phi) is 7.10. The third-order valence-corrected chi connectivity index (χ3v) is 4.61. The normalized spacial score (nSPS) is 11.9. The maximum Gasteiger partial charge on any atom is 0.240 e. The van der Waals surface area contributed by atoms with Gasteiger partial charge in [-0.25, -0.2) is 13.1 Å². The van der Waals surface area contributed by atoms with Crippen LogP contribution in [0.2, 0.25) is 0 Å². The second-order valence-corrected chi connectivity index (χ2v) is 6.80. The largest absolute Gasteiger partial charge is 0.497 e. The number of methoxy groups -OCH3 is 1. The Labute approximate surface area is 127 Å². The quantitative estimate of drug-likeness (QED) is 0.646. The molecule has 0 unspecified atom stereocenters. The van der Waals surface area contributed by atoms with Crippen molar-refractivity contribution < 1.29 is 13.2 Å². The number of rotatable bonds is 9. The topological polar surface area (TPSA) is 84.7 Å². The van der Waals surface area contributed by atoms with Crippen molar-refractivity contribution in [3.8, 4) is 5.75 Å². The van der Waals surface area contributed by atoms with Crippen molar-refractivity contribution >= 4 is 10.0 Å². The van der Waals surface area contributed by atoms with Crippen molar-refractivity contribution in [1.29, 1.82) is 0 Å². The Morgan fingerprint density at radius 2 is 2.05 bits per heavy atom. The molecular formula is C14H25N3O3S. The van der Waals surface area contributed by atoms with Crippen LogP contribution in [0.5, 0.6) is 5.75 Å². The van der Waals surface area contributed by atoms with Crippen LogP contribution in [-0.2, 0) is 16.4 Å². The summed E-state index contributed by atoms with van der Waals surface area (Å²) in [5, 5.41) is 0. The highest BCUT2D eigenvalue weighted by Crippen LogP contribution is 2.22. The zero-order chi connectivity index (χ0) is 15.9. The zero-order valence-electron chi connectivity index (χ0n) is 12.9. The first-order valence-electron chi connectivity index (χ1n) is 6.92. The number of hydrogen-bond donors (Lipinski definition) is 2. The molecule has 0 amide bonds. The molecule has 0 aliphatic rings. The van der Waals surface area contributed by atoms with E-state index in [0.717, 1.165) is 13.0 Å². The number of benzene rings is 1. The van der Waals surface area contributed by atoms with Crippen LogP contribution in [0.15, 0.2) is 23.1 Å². The molecule has 3 N–H and O–H groups in total. The lowest BCUT2D eigenvalue weighted by Gasteiger charge is -2.13. The summed E-state index contributed by atoms with van der Waals surface area (Å²) in [5.74, 6) is 0.630. The van der Waals surface area contributed by atoms with E-state index in [4.69, 9.17) is 10.5 Å².